The Hall–Kier alpha value is -1.75. The van der Waals surface area contributed by atoms with Crippen molar-refractivity contribution in [1.29, 1.82) is 0 Å². The number of rotatable bonds is 7. The van der Waals surface area contributed by atoms with Crippen LogP contribution in [-0.4, -0.2) is 37.8 Å². The molecule has 0 bridgehead atoms. The molecule has 2 N–H and O–H groups in total. The second-order valence-corrected chi connectivity index (χ2v) is 4.54. The number of anilines is 1. The van der Waals surface area contributed by atoms with E-state index in [-0.39, 0.29) is 12.5 Å². The summed E-state index contributed by atoms with van der Waals surface area (Å²) in [6.45, 7) is 7.10. The molecule has 1 rings (SSSR count). The molecule has 1 aromatic carbocycles. The van der Waals surface area contributed by atoms with Crippen molar-refractivity contribution in [1.82, 2.24) is 5.32 Å². The Morgan fingerprint density at radius 2 is 2.15 bits per heavy atom. The third kappa shape index (κ3) is 3.87. The fourth-order valence-electron chi connectivity index (χ4n) is 2.20. The quantitative estimate of drug-likeness (QED) is 0.798. The number of carbonyl (C=O) groups is 1. The molecule has 0 heterocycles. The smallest absolute Gasteiger partial charge is 0.239 e. The number of likely N-dealkylation sites (N-methyl/N-ethyl adjacent to an activating group) is 2. The first-order valence-electron chi connectivity index (χ1n) is 6.91. The van der Waals surface area contributed by atoms with Crippen LogP contribution in [0.1, 0.15) is 32.4 Å². The molecular weight excluding hydrogens is 256 g/mol. The molecule has 5 heteroatoms. The van der Waals surface area contributed by atoms with Gasteiger partial charge in [-0.3, -0.25) is 4.79 Å². The van der Waals surface area contributed by atoms with Crippen LogP contribution < -0.4 is 15.0 Å². The molecule has 20 heavy (non-hydrogen) atoms. The van der Waals surface area contributed by atoms with E-state index in [0.29, 0.717) is 24.4 Å². The molecule has 0 aliphatic carbocycles. The number of methoxy groups -OCH3 is 1. The van der Waals surface area contributed by atoms with Crippen molar-refractivity contribution in [3.63, 3.8) is 0 Å². The van der Waals surface area contributed by atoms with E-state index in [4.69, 9.17) is 4.74 Å². The summed E-state index contributed by atoms with van der Waals surface area (Å²) >= 11 is 0. The van der Waals surface area contributed by atoms with E-state index in [2.05, 4.69) is 5.32 Å². The average molecular weight is 280 g/mol. The van der Waals surface area contributed by atoms with Crippen LogP contribution in [0.4, 0.5) is 5.69 Å². The van der Waals surface area contributed by atoms with Crippen molar-refractivity contribution in [2.24, 2.45) is 0 Å². The van der Waals surface area contributed by atoms with E-state index < -0.39 is 6.10 Å². The number of nitrogens with zero attached hydrogens (tertiary/aromatic N) is 1. The minimum Gasteiger partial charge on any atom is -0.496 e. The minimum atomic E-state index is -0.663. The molecule has 0 saturated heterocycles. The standard InChI is InChI=1S/C15H24N2O3/c1-5-16-14(19)10-17(6-2)12-8-7-9-13(20-4)15(12)11(3)18/h7-9,11,18H,5-6,10H2,1-4H3,(H,16,19)/t11-/m0/s1. The summed E-state index contributed by atoms with van der Waals surface area (Å²) in [6.07, 6.45) is -0.663. The normalized spacial score (nSPS) is 11.8. The maximum atomic E-state index is 11.8. The summed E-state index contributed by atoms with van der Waals surface area (Å²) in [7, 11) is 1.57. The van der Waals surface area contributed by atoms with Crippen molar-refractivity contribution in [3.05, 3.63) is 23.8 Å². The Morgan fingerprint density at radius 3 is 2.65 bits per heavy atom. The largest absolute Gasteiger partial charge is 0.496 e. The summed E-state index contributed by atoms with van der Waals surface area (Å²) in [5, 5.41) is 12.8. The van der Waals surface area contributed by atoms with E-state index in [1.54, 1.807) is 14.0 Å². The lowest BCUT2D eigenvalue weighted by molar-refractivity contribution is -0.119. The van der Waals surface area contributed by atoms with Gasteiger partial charge in [0.1, 0.15) is 5.75 Å². The van der Waals surface area contributed by atoms with Gasteiger partial charge >= 0.3 is 0 Å². The van der Waals surface area contributed by atoms with Crippen LogP contribution in [-0.2, 0) is 4.79 Å². The highest BCUT2D eigenvalue weighted by Crippen LogP contribution is 2.34. The fourth-order valence-corrected chi connectivity index (χ4v) is 2.20. The molecule has 0 saturated carbocycles. The molecule has 112 valence electrons. The highest BCUT2D eigenvalue weighted by atomic mass is 16.5. The Balaban J connectivity index is 3.11. The predicted molar refractivity (Wildman–Crippen MR) is 80.2 cm³/mol. The van der Waals surface area contributed by atoms with Crippen molar-refractivity contribution >= 4 is 11.6 Å². The summed E-state index contributed by atoms with van der Waals surface area (Å²) in [4.78, 5) is 13.7. The van der Waals surface area contributed by atoms with E-state index in [0.717, 1.165) is 5.69 Å². The number of benzene rings is 1. The van der Waals surface area contributed by atoms with E-state index in [1.807, 2.05) is 36.9 Å². The molecule has 0 fully saturated rings. The molecule has 1 amide bonds. The van der Waals surface area contributed by atoms with Crippen molar-refractivity contribution in [2.45, 2.75) is 26.9 Å². The number of amides is 1. The van der Waals surface area contributed by atoms with Crippen LogP contribution in [0.15, 0.2) is 18.2 Å². The second kappa shape index (κ2) is 7.75. The van der Waals surface area contributed by atoms with Gasteiger partial charge in [-0.1, -0.05) is 6.07 Å². The van der Waals surface area contributed by atoms with Gasteiger partial charge in [0.05, 0.1) is 19.8 Å². The van der Waals surface area contributed by atoms with Gasteiger partial charge in [-0.25, -0.2) is 0 Å². The molecule has 0 unspecified atom stereocenters. The molecule has 0 spiro atoms. The van der Waals surface area contributed by atoms with Crippen molar-refractivity contribution in [3.8, 4) is 5.75 Å². The van der Waals surface area contributed by atoms with E-state index in [9.17, 15) is 9.90 Å². The molecule has 5 nitrogen and oxygen atoms in total. The Morgan fingerprint density at radius 1 is 1.45 bits per heavy atom. The van der Waals surface area contributed by atoms with Gasteiger partial charge in [0, 0.05) is 24.3 Å². The molecule has 0 aliphatic rings. The highest BCUT2D eigenvalue weighted by molar-refractivity contribution is 5.82. The first kappa shape index (κ1) is 16.3. The van der Waals surface area contributed by atoms with Gasteiger partial charge in [-0.05, 0) is 32.9 Å². The topological polar surface area (TPSA) is 61.8 Å². The number of hydrogen-bond acceptors (Lipinski definition) is 4. The van der Waals surface area contributed by atoms with E-state index in [1.165, 1.54) is 0 Å². The molecule has 0 aliphatic heterocycles. The lowest BCUT2D eigenvalue weighted by Crippen LogP contribution is -2.37. The van der Waals surface area contributed by atoms with Crippen LogP contribution in [0.25, 0.3) is 0 Å². The maximum absolute atomic E-state index is 11.8. The van der Waals surface area contributed by atoms with Gasteiger partial charge in [0.15, 0.2) is 0 Å². The number of aliphatic hydroxyl groups is 1. The molecule has 1 atom stereocenters. The van der Waals surface area contributed by atoms with Crippen LogP contribution >= 0.6 is 0 Å². The van der Waals surface area contributed by atoms with Crippen LogP contribution in [0.5, 0.6) is 5.75 Å². The van der Waals surface area contributed by atoms with E-state index >= 15 is 0 Å². The third-order valence-corrected chi connectivity index (χ3v) is 3.11. The number of nitrogens with one attached hydrogen (secondary N) is 1. The Kier molecular flexibility index (Phi) is 6.31. The van der Waals surface area contributed by atoms with Crippen molar-refractivity contribution in [2.75, 3.05) is 31.6 Å². The first-order chi connectivity index (χ1) is 9.54. The van der Waals surface area contributed by atoms with Gasteiger partial charge in [-0.2, -0.15) is 0 Å². The highest BCUT2D eigenvalue weighted by Gasteiger charge is 2.19. The molecule has 0 radical (unpaired) electrons. The second-order valence-electron chi connectivity index (χ2n) is 4.54. The van der Waals surface area contributed by atoms with Crippen molar-refractivity contribution < 1.29 is 14.6 Å². The summed E-state index contributed by atoms with van der Waals surface area (Å²) in [5.74, 6) is 0.598. The lowest BCUT2D eigenvalue weighted by Gasteiger charge is -2.27. The zero-order chi connectivity index (χ0) is 15.1. The van der Waals surface area contributed by atoms with Gasteiger partial charge < -0.3 is 20.1 Å². The van der Waals surface area contributed by atoms with Gasteiger partial charge in [0.25, 0.3) is 0 Å². The summed E-state index contributed by atoms with van der Waals surface area (Å²) in [6, 6.07) is 5.57. The molecule has 0 aromatic heterocycles. The van der Waals surface area contributed by atoms with Crippen LogP contribution in [0, 0.1) is 0 Å². The zero-order valence-electron chi connectivity index (χ0n) is 12.6. The predicted octanol–water partition coefficient (Wildman–Crippen LogP) is 1.71. The minimum absolute atomic E-state index is 0.0336. The Bertz CT molecular complexity index is 447. The van der Waals surface area contributed by atoms with Gasteiger partial charge in [0.2, 0.25) is 5.91 Å². The number of carbonyl (C=O) groups excluding carboxylic acids is 1. The summed E-state index contributed by atoms with van der Waals surface area (Å²) in [5.41, 5.74) is 1.54. The monoisotopic (exact) mass is 280 g/mol. The lowest BCUT2D eigenvalue weighted by atomic mass is 10.1. The SMILES string of the molecule is CCNC(=O)CN(CC)c1cccc(OC)c1[C@H](C)O. The molecular formula is C15H24N2O3. The third-order valence-electron chi connectivity index (χ3n) is 3.11. The average Bonchev–Trinajstić information content (AvgIpc) is 2.44. The summed E-state index contributed by atoms with van der Waals surface area (Å²) < 4.78 is 5.31. The fraction of sp³-hybridized carbons (Fsp3) is 0.533. The molecule has 1 aromatic rings. The Labute approximate surface area is 120 Å². The number of hydrogen-bond donors (Lipinski definition) is 2. The van der Waals surface area contributed by atoms with Gasteiger partial charge in [-0.15, -0.1) is 0 Å². The zero-order valence-corrected chi connectivity index (χ0v) is 12.6. The maximum Gasteiger partial charge on any atom is 0.239 e. The number of ether oxygens (including phenoxy) is 1. The van der Waals surface area contributed by atoms with Crippen LogP contribution in [0.3, 0.4) is 0 Å². The first-order valence-corrected chi connectivity index (χ1v) is 6.91. The van der Waals surface area contributed by atoms with Crippen LogP contribution in [0.2, 0.25) is 0 Å². The number of aliphatic hydroxyl groups excluding tert-OH is 1.